The van der Waals surface area contributed by atoms with Crippen molar-refractivity contribution >= 4 is 40.8 Å². The fraction of sp³-hybridized carbons (Fsp3) is 0.182. The first-order valence-electron chi connectivity index (χ1n) is 9.36. The van der Waals surface area contributed by atoms with Gasteiger partial charge in [0.25, 0.3) is 17.1 Å². The summed E-state index contributed by atoms with van der Waals surface area (Å²) in [6, 6.07) is 16.4. The van der Waals surface area contributed by atoms with Crippen molar-refractivity contribution in [3.63, 3.8) is 0 Å². The fourth-order valence-electron chi connectivity index (χ4n) is 2.85. The Kier molecular flexibility index (Phi) is 7.03. The molecule has 0 atom stereocenters. The fourth-order valence-corrected chi connectivity index (χ4v) is 3.71. The number of imide groups is 1. The van der Waals surface area contributed by atoms with E-state index in [-0.39, 0.29) is 36.7 Å². The number of rotatable bonds is 7. The molecule has 2 N–H and O–H groups in total. The van der Waals surface area contributed by atoms with Crippen LogP contribution in [0.25, 0.3) is 6.08 Å². The van der Waals surface area contributed by atoms with Crippen molar-refractivity contribution in [2.45, 2.75) is 6.92 Å². The van der Waals surface area contributed by atoms with Crippen molar-refractivity contribution < 1.29 is 19.2 Å². The summed E-state index contributed by atoms with van der Waals surface area (Å²) in [6.07, 6.45) is 1.67. The number of aryl methyl sites for hydroxylation is 1. The van der Waals surface area contributed by atoms with E-state index in [1.807, 2.05) is 49.4 Å². The van der Waals surface area contributed by atoms with Crippen LogP contribution in [0.15, 0.2) is 59.5 Å². The molecule has 154 valence electrons. The normalized spacial score (nSPS) is 14.8. The summed E-state index contributed by atoms with van der Waals surface area (Å²) in [5.41, 5.74) is 2.16. The molecule has 1 aliphatic rings. The van der Waals surface area contributed by atoms with Crippen molar-refractivity contribution in [3.8, 4) is 0 Å². The van der Waals surface area contributed by atoms with Gasteiger partial charge in [0.15, 0.2) is 0 Å². The number of carbonyl (C=O) groups excluding carboxylic acids is 4. The maximum absolute atomic E-state index is 12.4. The lowest BCUT2D eigenvalue weighted by Gasteiger charge is -2.13. The van der Waals surface area contributed by atoms with Gasteiger partial charge in [-0.3, -0.25) is 24.1 Å². The number of hydrogen-bond acceptors (Lipinski definition) is 5. The third kappa shape index (κ3) is 5.36. The molecule has 1 aliphatic heterocycles. The van der Waals surface area contributed by atoms with Crippen LogP contribution >= 0.6 is 11.8 Å². The molecule has 2 aromatic rings. The Morgan fingerprint density at radius 3 is 2.43 bits per heavy atom. The van der Waals surface area contributed by atoms with Gasteiger partial charge in [-0.05, 0) is 42.0 Å². The van der Waals surface area contributed by atoms with Gasteiger partial charge in [-0.25, -0.2) is 0 Å². The summed E-state index contributed by atoms with van der Waals surface area (Å²) >= 11 is 0.877. The van der Waals surface area contributed by atoms with E-state index < -0.39 is 5.91 Å². The number of carbonyl (C=O) groups is 4. The summed E-state index contributed by atoms with van der Waals surface area (Å²) in [7, 11) is 0. The summed E-state index contributed by atoms with van der Waals surface area (Å²) in [4.78, 5) is 50.1. The van der Waals surface area contributed by atoms with E-state index in [2.05, 4.69) is 10.6 Å². The van der Waals surface area contributed by atoms with Crippen molar-refractivity contribution in [3.05, 3.63) is 76.2 Å². The molecule has 0 spiro atoms. The molecule has 0 saturated carbocycles. The monoisotopic (exact) mass is 423 g/mol. The van der Waals surface area contributed by atoms with E-state index in [1.165, 1.54) is 0 Å². The van der Waals surface area contributed by atoms with Gasteiger partial charge in [-0.2, -0.15) is 0 Å². The second-order valence-electron chi connectivity index (χ2n) is 6.59. The summed E-state index contributed by atoms with van der Waals surface area (Å²) in [5, 5.41) is 4.80. The van der Waals surface area contributed by atoms with Crippen LogP contribution < -0.4 is 10.6 Å². The van der Waals surface area contributed by atoms with Gasteiger partial charge in [-0.15, -0.1) is 0 Å². The molecule has 8 heteroatoms. The van der Waals surface area contributed by atoms with Crippen molar-refractivity contribution in [2.24, 2.45) is 0 Å². The molecule has 7 nitrogen and oxygen atoms in total. The maximum atomic E-state index is 12.4. The highest BCUT2D eigenvalue weighted by molar-refractivity contribution is 8.18. The van der Waals surface area contributed by atoms with Crippen molar-refractivity contribution in [1.82, 2.24) is 15.5 Å². The molecular formula is C22H21N3O4S. The molecule has 1 fully saturated rings. The van der Waals surface area contributed by atoms with Crippen molar-refractivity contribution in [1.29, 1.82) is 0 Å². The topological polar surface area (TPSA) is 95.6 Å². The smallest absolute Gasteiger partial charge is 0.293 e. The van der Waals surface area contributed by atoms with Crippen LogP contribution in [0.3, 0.4) is 0 Å². The number of thioether (sulfide) groups is 1. The Morgan fingerprint density at radius 1 is 1.00 bits per heavy atom. The standard InChI is InChI=1S/C22H21N3O4S/c1-15-7-5-6-10-17(15)20(27)24-14-19(26)23-11-12-25-21(28)18(30-22(25)29)13-16-8-3-2-4-9-16/h2-10,13H,11-12,14H2,1H3,(H,23,26)(H,24,27)/b18-13+. The van der Waals surface area contributed by atoms with E-state index in [4.69, 9.17) is 0 Å². The van der Waals surface area contributed by atoms with E-state index in [0.717, 1.165) is 27.8 Å². The second kappa shape index (κ2) is 9.89. The largest absolute Gasteiger partial charge is 0.353 e. The molecule has 0 unspecified atom stereocenters. The first kappa shape index (κ1) is 21.3. The first-order chi connectivity index (χ1) is 14.5. The molecule has 1 heterocycles. The summed E-state index contributed by atoms with van der Waals surface area (Å²) in [6.45, 7) is 1.80. The van der Waals surface area contributed by atoms with Crippen LogP contribution in [0.5, 0.6) is 0 Å². The molecule has 0 aliphatic carbocycles. The molecule has 0 bridgehead atoms. The van der Waals surface area contributed by atoms with Gasteiger partial charge in [0.05, 0.1) is 11.4 Å². The highest BCUT2D eigenvalue weighted by Crippen LogP contribution is 2.31. The average molecular weight is 423 g/mol. The number of benzene rings is 2. The molecule has 0 radical (unpaired) electrons. The number of hydrogen-bond donors (Lipinski definition) is 2. The summed E-state index contributed by atoms with van der Waals surface area (Å²) < 4.78 is 0. The Balaban J connectivity index is 1.45. The molecule has 2 aromatic carbocycles. The molecule has 30 heavy (non-hydrogen) atoms. The average Bonchev–Trinajstić information content (AvgIpc) is 3.00. The Labute approximate surface area is 178 Å². The molecule has 1 saturated heterocycles. The lowest BCUT2D eigenvalue weighted by Crippen LogP contribution is -2.41. The zero-order valence-electron chi connectivity index (χ0n) is 16.4. The number of nitrogens with zero attached hydrogens (tertiary/aromatic N) is 1. The van der Waals surface area contributed by atoms with Crippen LogP contribution in [0, 0.1) is 6.92 Å². The maximum Gasteiger partial charge on any atom is 0.293 e. The SMILES string of the molecule is Cc1ccccc1C(=O)NCC(=O)NCCN1C(=O)S/C(=C/c2ccccc2)C1=O. The summed E-state index contributed by atoms with van der Waals surface area (Å²) in [5.74, 6) is -1.11. The van der Waals surface area contributed by atoms with E-state index in [9.17, 15) is 19.2 Å². The predicted octanol–water partition coefficient (Wildman–Crippen LogP) is 2.58. The van der Waals surface area contributed by atoms with Gasteiger partial charge in [0, 0.05) is 18.7 Å². The van der Waals surface area contributed by atoms with Gasteiger partial charge in [-0.1, -0.05) is 48.5 Å². The highest BCUT2D eigenvalue weighted by Gasteiger charge is 2.34. The lowest BCUT2D eigenvalue weighted by atomic mass is 10.1. The minimum atomic E-state index is -0.399. The van der Waals surface area contributed by atoms with E-state index >= 15 is 0 Å². The zero-order chi connectivity index (χ0) is 21.5. The third-order valence-corrected chi connectivity index (χ3v) is 5.34. The van der Waals surface area contributed by atoms with Crippen LogP contribution in [0.1, 0.15) is 21.5 Å². The molecule has 3 rings (SSSR count). The van der Waals surface area contributed by atoms with Crippen LogP contribution in [-0.4, -0.2) is 47.5 Å². The Hall–Kier alpha value is -3.39. The van der Waals surface area contributed by atoms with Crippen LogP contribution in [0.4, 0.5) is 4.79 Å². The predicted molar refractivity (Wildman–Crippen MR) is 116 cm³/mol. The van der Waals surface area contributed by atoms with E-state index in [1.54, 1.807) is 18.2 Å². The van der Waals surface area contributed by atoms with Gasteiger partial charge < -0.3 is 10.6 Å². The van der Waals surface area contributed by atoms with E-state index in [0.29, 0.717) is 10.5 Å². The highest BCUT2D eigenvalue weighted by atomic mass is 32.2. The Bertz CT molecular complexity index is 1000. The quantitative estimate of drug-likeness (QED) is 0.668. The first-order valence-corrected chi connectivity index (χ1v) is 10.2. The number of amides is 4. The lowest BCUT2D eigenvalue weighted by molar-refractivity contribution is -0.124. The third-order valence-electron chi connectivity index (χ3n) is 4.43. The van der Waals surface area contributed by atoms with Crippen molar-refractivity contribution in [2.75, 3.05) is 19.6 Å². The zero-order valence-corrected chi connectivity index (χ0v) is 17.2. The van der Waals surface area contributed by atoms with Gasteiger partial charge >= 0.3 is 0 Å². The second-order valence-corrected chi connectivity index (χ2v) is 7.58. The number of nitrogens with one attached hydrogen (secondary N) is 2. The minimum Gasteiger partial charge on any atom is -0.353 e. The molecule has 0 aromatic heterocycles. The van der Waals surface area contributed by atoms with Gasteiger partial charge in [0.2, 0.25) is 5.91 Å². The molecular weight excluding hydrogens is 402 g/mol. The Morgan fingerprint density at radius 2 is 1.70 bits per heavy atom. The van der Waals surface area contributed by atoms with Gasteiger partial charge in [0.1, 0.15) is 0 Å². The van der Waals surface area contributed by atoms with Crippen LogP contribution in [0.2, 0.25) is 0 Å². The van der Waals surface area contributed by atoms with Crippen LogP contribution in [-0.2, 0) is 9.59 Å². The molecule has 4 amide bonds. The minimum absolute atomic E-state index is 0.0638.